The number of hydrogen-bond donors (Lipinski definition) is 0. The van der Waals surface area contributed by atoms with Crippen molar-refractivity contribution in [2.75, 3.05) is 7.11 Å². The van der Waals surface area contributed by atoms with E-state index < -0.39 is 0 Å². The molecule has 0 bridgehead atoms. The van der Waals surface area contributed by atoms with Crippen molar-refractivity contribution in [1.82, 2.24) is 14.8 Å². The molecule has 1 heterocycles. The summed E-state index contributed by atoms with van der Waals surface area (Å²) in [6.07, 6.45) is 2.31. The summed E-state index contributed by atoms with van der Waals surface area (Å²) >= 11 is 1.57. The van der Waals surface area contributed by atoms with Crippen LogP contribution in [0.1, 0.15) is 30.1 Å². The van der Waals surface area contributed by atoms with Gasteiger partial charge >= 0.3 is 0 Å². The van der Waals surface area contributed by atoms with E-state index in [4.69, 9.17) is 4.74 Å². The predicted octanol–water partition coefficient (Wildman–Crippen LogP) is 4.58. The van der Waals surface area contributed by atoms with Crippen LogP contribution in [0.3, 0.4) is 0 Å². The summed E-state index contributed by atoms with van der Waals surface area (Å²) < 4.78 is 20.7. The molecule has 25 heavy (non-hydrogen) atoms. The molecule has 2 aromatic carbocycles. The number of methoxy groups -OCH3 is 1. The molecule has 3 aromatic rings. The second kappa shape index (κ2) is 6.88. The standard InChI is InChI=1S/C19H18FN3OS/c1-24-17-9-7-16(8-10-17)23-18(14-5-6-14)21-22-19(23)25-12-13-3-2-4-15(20)11-13/h2-4,7-11,14H,5-6,12H2,1H3. The van der Waals surface area contributed by atoms with Crippen LogP contribution in [0.4, 0.5) is 4.39 Å². The molecule has 0 unspecified atom stereocenters. The monoisotopic (exact) mass is 355 g/mol. The van der Waals surface area contributed by atoms with Gasteiger partial charge in [-0.25, -0.2) is 4.39 Å². The van der Waals surface area contributed by atoms with Gasteiger partial charge < -0.3 is 4.74 Å². The van der Waals surface area contributed by atoms with Gasteiger partial charge in [0.1, 0.15) is 17.4 Å². The number of thioether (sulfide) groups is 1. The average molecular weight is 355 g/mol. The van der Waals surface area contributed by atoms with Gasteiger partial charge in [-0.2, -0.15) is 0 Å². The second-order valence-corrected chi connectivity index (χ2v) is 7.01. The maximum absolute atomic E-state index is 13.4. The molecule has 1 aromatic heterocycles. The Kier molecular flexibility index (Phi) is 4.44. The van der Waals surface area contributed by atoms with Crippen molar-refractivity contribution in [3.8, 4) is 11.4 Å². The lowest BCUT2D eigenvalue weighted by molar-refractivity contribution is 0.414. The Morgan fingerprint density at radius 3 is 2.64 bits per heavy atom. The van der Waals surface area contributed by atoms with Crippen LogP contribution in [0.15, 0.2) is 53.7 Å². The van der Waals surface area contributed by atoms with E-state index in [-0.39, 0.29) is 5.82 Å². The molecule has 1 saturated carbocycles. The summed E-state index contributed by atoms with van der Waals surface area (Å²) in [6.45, 7) is 0. The lowest BCUT2D eigenvalue weighted by Crippen LogP contribution is -2.02. The van der Waals surface area contributed by atoms with Crippen LogP contribution in [-0.2, 0) is 5.75 Å². The first kappa shape index (κ1) is 16.1. The molecule has 6 heteroatoms. The number of hydrogen-bond acceptors (Lipinski definition) is 4. The van der Waals surface area contributed by atoms with E-state index in [0.717, 1.165) is 40.8 Å². The summed E-state index contributed by atoms with van der Waals surface area (Å²) in [7, 11) is 1.66. The molecule has 4 nitrogen and oxygen atoms in total. The van der Waals surface area contributed by atoms with Crippen molar-refractivity contribution in [2.45, 2.75) is 29.7 Å². The Morgan fingerprint density at radius 2 is 1.96 bits per heavy atom. The number of halogens is 1. The highest BCUT2D eigenvalue weighted by Crippen LogP contribution is 2.41. The predicted molar refractivity (Wildman–Crippen MR) is 95.8 cm³/mol. The SMILES string of the molecule is COc1ccc(-n2c(SCc3cccc(F)c3)nnc2C2CC2)cc1. The van der Waals surface area contributed by atoms with Gasteiger partial charge in [0, 0.05) is 17.4 Å². The van der Waals surface area contributed by atoms with Gasteiger partial charge in [0.15, 0.2) is 5.16 Å². The summed E-state index contributed by atoms with van der Waals surface area (Å²) in [5, 5.41) is 9.63. The summed E-state index contributed by atoms with van der Waals surface area (Å²) in [5.41, 5.74) is 1.96. The van der Waals surface area contributed by atoms with Crippen LogP contribution in [0.2, 0.25) is 0 Å². The average Bonchev–Trinajstić information content (AvgIpc) is 3.40. The largest absolute Gasteiger partial charge is 0.497 e. The van der Waals surface area contributed by atoms with Crippen LogP contribution in [0.25, 0.3) is 5.69 Å². The number of aromatic nitrogens is 3. The Bertz CT molecular complexity index is 875. The van der Waals surface area contributed by atoms with Crippen molar-refractivity contribution in [2.24, 2.45) is 0 Å². The third kappa shape index (κ3) is 3.54. The Labute approximate surface area is 150 Å². The van der Waals surface area contributed by atoms with Crippen LogP contribution in [0, 0.1) is 5.82 Å². The molecule has 1 aliphatic carbocycles. The molecule has 0 radical (unpaired) electrons. The maximum atomic E-state index is 13.4. The van der Waals surface area contributed by atoms with Gasteiger partial charge in [0.25, 0.3) is 0 Å². The lowest BCUT2D eigenvalue weighted by Gasteiger charge is -2.10. The fourth-order valence-corrected chi connectivity index (χ4v) is 3.63. The highest BCUT2D eigenvalue weighted by atomic mass is 32.2. The Hall–Kier alpha value is -2.34. The second-order valence-electron chi connectivity index (χ2n) is 6.07. The highest BCUT2D eigenvalue weighted by Gasteiger charge is 2.31. The van der Waals surface area contributed by atoms with Crippen LogP contribution >= 0.6 is 11.8 Å². The van der Waals surface area contributed by atoms with E-state index >= 15 is 0 Å². The Morgan fingerprint density at radius 1 is 1.16 bits per heavy atom. The number of benzene rings is 2. The van der Waals surface area contributed by atoms with Gasteiger partial charge in [-0.15, -0.1) is 10.2 Å². The minimum atomic E-state index is -0.214. The van der Waals surface area contributed by atoms with Crippen LogP contribution in [0.5, 0.6) is 5.75 Å². The highest BCUT2D eigenvalue weighted by molar-refractivity contribution is 7.98. The first-order chi connectivity index (χ1) is 12.2. The quantitative estimate of drug-likeness (QED) is 0.607. The van der Waals surface area contributed by atoms with Gasteiger partial charge in [-0.3, -0.25) is 4.57 Å². The van der Waals surface area contributed by atoms with Gasteiger partial charge in [-0.05, 0) is 54.8 Å². The third-order valence-corrected chi connectivity index (χ3v) is 5.19. The molecule has 1 fully saturated rings. The van der Waals surface area contributed by atoms with E-state index in [2.05, 4.69) is 14.8 Å². The van der Waals surface area contributed by atoms with E-state index in [1.54, 1.807) is 31.0 Å². The molecule has 1 aliphatic rings. The van der Waals surface area contributed by atoms with E-state index in [1.165, 1.54) is 6.07 Å². The molecule has 0 spiro atoms. The normalized spacial score (nSPS) is 13.8. The molecule has 4 rings (SSSR count). The molecule has 0 saturated heterocycles. The molecular formula is C19H18FN3OS. The maximum Gasteiger partial charge on any atom is 0.196 e. The molecule has 0 N–H and O–H groups in total. The van der Waals surface area contributed by atoms with Crippen LogP contribution in [-0.4, -0.2) is 21.9 Å². The summed E-state index contributed by atoms with van der Waals surface area (Å²) in [4.78, 5) is 0. The number of ether oxygens (including phenoxy) is 1. The molecule has 0 atom stereocenters. The zero-order valence-electron chi connectivity index (χ0n) is 13.9. The first-order valence-corrected chi connectivity index (χ1v) is 9.20. The van der Waals surface area contributed by atoms with Crippen LogP contribution < -0.4 is 4.74 Å². The zero-order chi connectivity index (χ0) is 17.2. The zero-order valence-corrected chi connectivity index (χ0v) is 14.7. The molecule has 0 aliphatic heterocycles. The summed E-state index contributed by atoms with van der Waals surface area (Å²) in [5.74, 6) is 2.74. The van der Waals surface area contributed by atoms with Crippen molar-refractivity contribution in [3.63, 3.8) is 0 Å². The Balaban J connectivity index is 1.63. The molecule has 128 valence electrons. The summed E-state index contributed by atoms with van der Waals surface area (Å²) in [6, 6.07) is 14.6. The molecule has 0 amide bonds. The van der Waals surface area contributed by atoms with Crippen molar-refractivity contribution >= 4 is 11.8 Å². The number of rotatable bonds is 6. The van der Waals surface area contributed by atoms with E-state index in [0.29, 0.717) is 11.7 Å². The topological polar surface area (TPSA) is 39.9 Å². The van der Waals surface area contributed by atoms with Gasteiger partial charge in [0.05, 0.1) is 7.11 Å². The van der Waals surface area contributed by atoms with Crippen molar-refractivity contribution in [1.29, 1.82) is 0 Å². The minimum Gasteiger partial charge on any atom is -0.497 e. The minimum absolute atomic E-state index is 0.214. The lowest BCUT2D eigenvalue weighted by atomic mass is 10.2. The smallest absolute Gasteiger partial charge is 0.196 e. The van der Waals surface area contributed by atoms with E-state index in [1.807, 2.05) is 30.3 Å². The third-order valence-electron chi connectivity index (χ3n) is 4.19. The van der Waals surface area contributed by atoms with Gasteiger partial charge in [-0.1, -0.05) is 23.9 Å². The van der Waals surface area contributed by atoms with Gasteiger partial charge in [0.2, 0.25) is 0 Å². The first-order valence-electron chi connectivity index (χ1n) is 8.21. The van der Waals surface area contributed by atoms with E-state index in [9.17, 15) is 4.39 Å². The van der Waals surface area contributed by atoms with Crippen molar-refractivity contribution < 1.29 is 9.13 Å². The fourth-order valence-electron chi connectivity index (χ4n) is 2.73. The van der Waals surface area contributed by atoms with Crippen molar-refractivity contribution in [3.05, 3.63) is 65.7 Å². The molecular weight excluding hydrogens is 337 g/mol. The fraction of sp³-hybridized carbons (Fsp3) is 0.263. The number of nitrogens with zero attached hydrogens (tertiary/aromatic N) is 3.